The Hall–Kier alpha value is -2.14. The van der Waals surface area contributed by atoms with Crippen molar-refractivity contribution in [1.29, 1.82) is 0 Å². The van der Waals surface area contributed by atoms with Gasteiger partial charge in [0.15, 0.2) is 0 Å². The monoisotopic (exact) mass is 517 g/mol. The number of hydrogen-bond donors (Lipinski definition) is 1. The summed E-state index contributed by atoms with van der Waals surface area (Å²) in [5.74, 6) is 0.889. The van der Waals surface area contributed by atoms with Crippen LogP contribution in [0.1, 0.15) is 18.1 Å². The van der Waals surface area contributed by atoms with Gasteiger partial charge >= 0.3 is 0 Å². The zero-order valence-corrected chi connectivity index (χ0v) is 20.6. The van der Waals surface area contributed by atoms with Crippen LogP contribution in [0.3, 0.4) is 0 Å². The van der Waals surface area contributed by atoms with Gasteiger partial charge in [0, 0.05) is 54.9 Å². The van der Waals surface area contributed by atoms with Crippen LogP contribution in [0.2, 0.25) is 0 Å². The molecule has 0 amide bonds. The summed E-state index contributed by atoms with van der Waals surface area (Å²) >= 11 is 1.51. The van der Waals surface area contributed by atoms with Crippen LogP contribution < -0.4 is 9.64 Å². The second-order valence-corrected chi connectivity index (χ2v) is 8.34. The van der Waals surface area contributed by atoms with Gasteiger partial charge in [-0.25, -0.2) is 0 Å². The number of nitrogens with zero attached hydrogens (tertiary/aromatic N) is 3. The maximum atomic E-state index is 11.1. The van der Waals surface area contributed by atoms with Gasteiger partial charge in [0.05, 0.1) is 23.8 Å². The maximum absolute atomic E-state index is 11.1. The molecule has 182 valence electrons. The van der Waals surface area contributed by atoms with Gasteiger partial charge in [-0.15, -0.1) is 36.2 Å². The number of halogens is 2. The lowest BCUT2D eigenvalue weighted by Crippen LogP contribution is -2.46. The molecule has 1 aromatic heterocycles. The number of nitro benzene ring substituents is 1. The summed E-state index contributed by atoms with van der Waals surface area (Å²) in [7, 11) is 1.69. The van der Waals surface area contributed by atoms with E-state index in [0.29, 0.717) is 6.42 Å². The minimum atomic E-state index is -0.631. The van der Waals surface area contributed by atoms with E-state index in [0.717, 1.165) is 59.8 Å². The number of fused-ring (bicyclic) bond motifs is 1. The zero-order chi connectivity index (χ0) is 21.1. The van der Waals surface area contributed by atoms with Crippen LogP contribution in [0, 0.1) is 10.1 Å². The molecular formula is C22H29Cl2N3O5S. The van der Waals surface area contributed by atoms with Gasteiger partial charge in [0.25, 0.3) is 5.69 Å². The van der Waals surface area contributed by atoms with Crippen molar-refractivity contribution >= 4 is 57.6 Å². The summed E-state index contributed by atoms with van der Waals surface area (Å²) in [6.45, 7) is 4.43. The Kier molecular flexibility index (Phi) is 11.3. The number of nitro groups is 1. The summed E-state index contributed by atoms with van der Waals surface area (Å²) in [5.41, 5.74) is 1.96. The minimum Gasteiger partial charge on any atom is -0.495 e. The number of rotatable bonds is 7. The molecule has 11 heteroatoms. The van der Waals surface area contributed by atoms with Crippen molar-refractivity contribution in [3.8, 4) is 5.75 Å². The average molecular weight is 518 g/mol. The molecule has 1 atom stereocenters. The zero-order valence-electron chi connectivity index (χ0n) is 18.2. The third-order valence-electron chi connectivity index (χ3n) is 5.67. The van der Waals surface area contributed by atoms with Gasteiger partial charge in [-0.2, -0.15) is 0 Å². The number of methoxy groups -OCH3 is 1. The average Bonchev–Trinajstić information content (AvgIpc) is 3.21. The fraction of sp³-hybridized carbons (Fsp3) is 0.364. The second-order valence-electron chi connectivity index (χ2n) is 7.43. The Bertz CT molecular complexity index is 1040. The van der Waals surface area contributed by atoms with E-state index in [2.05, 4.69) is 15.9 Å². The fourth-order valence-electron chi connectivity index (χ4n) is 3.97. The van der Waals surface area contributed by atoms with Gasteiger partial charge in [-0.1, -0.05) is 12.1 Å². The molecule has 1 saturated heterocycles. The molecule has 2 aromatic carbocycles. The van der Waals surface area contributed by atoms with Crippen molar-refractivity contribution in [2.24, 2.45) is 0 Å². The molecule has 1 fully saturated rings. The normalized spacial score (nSPS) is 14.5. The first-order valence-corrected chi connectivity index (χ1v) is 10.9. The van der Waals surface area contributed by atoms with Crippen LogP contribution in [0.4, 0.5) is 11.4 Å². The molecule has 0 bridgehead atoms. The van der Waals surface area contributed by atoms with Gasteiger partial charge in [0.1, 0.15) is 5.75 Å². The highest BCUT2D eigenvalue weighted by Crippen LogP contribution is 2.34. The predicted octanol–water partition coefficient (Wildman–Crippen LogP) is 4.08. The van der Waals surface area contributed by atoms with Crippen LogP contribution in [0.15, 0.2) is 47.8 Å². The Balaban J connectivity index is 0.00000181. The lowest BCUT2D eigenvalue weighted by atomic mass is 10.0. The topological polar surface area (TPSA) is 111 Å². The molecule has 0 spiro atoms. The maximum Gasteiger partial charge on any atom is 0.270 e. The van der Waals surface area contributed by atoms with E-state index >= 15 is 0 Å². The minimum absolute atomic E-state index is 0. The van der Waals surface area contributed by atoms with Crippen molar-refractivity contribution in [3.05, 3.63) is 63.5 Å². The molecule has 3 aromatic rings. The number of aliphatic hydroxyl groups excluding tert-OH is 1. The number of para-hydroxylation sites is 2. The predicted molar refractivity (Wildman–Crippen MR) is 138 cm³/mol. The molecule has 0 radical (unpaired) electrons. The van der Waals surface area contributed by atoms with Crippen molar-refractivity contribution < 1.29 is 20.2 Å². The third-order valence-corrected chi connectivity index (χ3v) is 6.66. The summed E-state index contributed by atoms with van der Waals surface area (Å²) in [4.78, 5) is 15.4. The van der Waals surface area contributed by atoms with Crippen molar-refractivity contribution in [2.45, 2.75) is 12.5 Å². The number of anilines is 1. The quantitative estimate of drug-likeness (QED) is 0.373. The van der Waals surface area contributed by atoms with E-state index in [1.165, 1.54) is 17.4 Å². The molecule has 33 heavy (non-hydrogen) atoms. The summed E-state index contributed by atoms with van der Waals surface area (Å²) < 4.78 is 6.43. The van der Waals surface area contributed by atoms with Crippen LogP contribution in [-0.4, -0.2) is 60.2 Å². The number of aliphatic hydroxyl groups is 1. The van der Waals surface area contributed by atoms with E-state index in [-0.39, 0.29) is 36.0 Å². The number of piperazine rings is 1. The molecule has 0 aliphatic carbocycles. The first kappa shape index (κ1) is 28.9. The SMILES string of the molecule is COc1ccccc1N1CCN(CCC(O)c2csc3ccc([N+](=O)[O-])cc23)CC1.Cl.Cl.O. The van der Waals surface area contributed by atoms with Crippen LogP contribution in [0.5, 0.6) is 5.75 Å². The Morgan fingerprint density at radius 2 is 1.85 bits per heavy atom. The highest BCUT2D eigenvalue weighted by atomic mass is 35.5. The molecule has 8 nitrogen and oxygen atoms in total. The van der Waals surface area contributed by atoms with Gasteiger partial charge < -0.3 is 20.2 Å². The summed E-state index contributed by atoms with van der Waals surface area (Å²) in [5, 5.41) is 24.5. The van der Waals surface area contributed by atoms with Crippen LogP contribution in [-0.2, 0) is 0 Å². The molecule has 2 heterocycles. The number of non-ortho nitro benzene ring substituents is 1. The Morgan fingerprint density at radius 1 is 1.15 bits per heavy atom. The number of ether oxygens (including phenoxy) is 1. The standard InChI is InChI=1S/C22H25N3O4S.2ClH.H2O/c1-29-21-5-3-2-4-19(21)24-12-10-23(11-13-24)9-8-20(26)18-15-30-22-7-6-16(25(27)28)14-17(18)22;;;/h2-7,14-15,20,26H,8-13H2,1H3;2*1H;1H2. The van der Waals surface area contributed by atoms with E-state index in [1.54, 1.807) is 19.2 Å². The van der Waals surface area contributed by atoms with Crippen molar-refractivity contribution in [3.63, 3.8) is 0 Å². The third kappa shape index (κ3) is 6.47. The van der Waals surface area contributed by atoms with E-state index in [4.69, 9.17) is 4.74 Å². The molecule has 4 rings (SSSR count). The fourth-order valence-corrected chi connectivity index (χ4v) is 4.96. The molecule has 0 saturated carbocycles. The number of hydrogen-bond acceptors (Lipinski definition) is 7. The smallest absolute Gasteiger partial charge is 0.270 e. The summed E-state index contributed by atoms with van der Waals surface area (Å²) in [6.07, 6.45) is -0.0311. The van der Waals surface area contributed by atoms with Gasteiger partial charge in [0.2, 0.25) is 0 Å². The first-order valence-electron chi connectivity index (χ1n) is 10.0. The molecule has 3 N–H and O–H groups in total. The number of thiophene rings is 1. The van der Waals surface area contributed by atoms with Crippen molar-refractivity contribution in [1.82, 2.24) is 4.90 Å². The molecule has 1 aliphatic heterocycles. The van der Waals surface area contributed by atoms with E-state index in [9.17, 15) is 15.2 Å². The number of benzene rings is 2. The largest absolute Gasteiger partial charge is 0.495 e. The Morgan fingerprint density at radius 3 is 2.52 bits per heavy atom. The lowest BCUT2D eigenvalue weighted by molar-refractivity contribution is -0.384. The highest BCUT2D eigenvalue weighted by molar-refractivity contribution is 7.17. The van der Waals surface area contributed by atoms with Crippen LogP contribution in [0.25, 0.3) is 10.1 Å². The highest BCUT2D eigenvalue weighted by Gasteiger charge is 2.21. The van der Waals surface area contributed by atoms with Gasteiger partial charge in [-0.3, -0.25) is 15.0 Å². The molecule has 1 aliphatic rings. The summed E-state index contributed by atoms with van der Waals surface area (Å²) in [6, 6.07) is 12.9. The van der Waals surface area contributed by atoms with E-state index < -0.39 is 11.0 Å². The molecule has 1 unspecified atom stereocenters. The van der Waals surface area contributed by atoms with E-state index in [1.807, 2.05) is 23.6 Å². The Labute approximate surface area is 209 Å². The van der Waals surface area contributed by atoms with Gasteiger partial charge in [-0.05, 0) is 35.6 Å². The van der Waals surface area contributed by atoms with Crippen molar-refractivity contribution in [2.75, 3.05) is 44.7 Å². The second kappa shape index (κ2) is 12.9. The molecular weight excluding hydrogens is 489 g/mol. The lowest BCUT2D eigenvalue weighted by Gasteiger charge is -2.36. The first-order chi connectivity index (χ1) is 14.6. The van der Waals surface area contributed by atoms with Crippen LogP contribution >= 0.6 is 36.2 Å².